The van der Waals surface area contributed by atoms with Gasteiger partial charge in [0.25, 0.3) is 5.91 Å². The van der Waals surface area contributed by atoms with Gasteiger partial charge in [0, 0.05) is 11.9 Å². The number of aromatic nitrogens is 1. The predicted octanol–water partition coefficient (Wildman–Crippen LogP) is 2.84. The molecule has 0 aliphatic rings. The van der Waals surface area contributed by atoms with Gasteiger partial charge in [-0.25, -0.2) is 4.98 Å². The van der Waals surface area contributed by atoms with Crippen molar-refractivity contribution in [2.75, 3.05) is 11.1 Å². The van der Waals surface area contributed by atoms with Gasteiger partial charge in [-0.15, -0.1) is 0 Å². The van der Waals surface area contributed by atoms with Gasteiger partial charge in [-0.1, -0.05) is 17.7 Å². The number of hydrogen-bond acceptors (Lipinski definition) is 3. The molecule has 0 saturated carbocycles. The van der Waals surface area contributed by atoms with E-state index in [0.29, 0.717) is 5.56 Å². The fourth-order valence-electron chi connectivity index (χ4n) is 2.17. The molecule has 0 aliphatic carbocycles. The monoisotopic (exact) mass is 255 g/mol. The fraction of sp³-hybridized carbons (Fsp3) is 0.200. The molecule has 1 amide bonds. The minimum absolute atomic E-state index is 0.236. The largest absolute Gasteiger partial charge is 0.383 e. The Labute approximate surface area is 112 Å². The van der Waals surface area contributed by atoms with Crippen molar-refractivity contribution in [2.24, 2.45) is 0 Å². The molecule has 0 fully saturated rings. The van der Waals surface area contributed by atoms with Crippen LogP contribution in [0.4, 0.5) is 11.5 Å². The highest BCUT2D eigenvalue weighted by atomic mass is 16.1. The van der Waals surface area contributed by atoms with Gasteiger partial charge >= 0.3 is 0 Å². The average molecular weight is 255 g/mol. The third-order valence-corrected chi connectivity index (χ3v) is 3.00. The molecule has 3 N–H and O–H groups in total. The van der Waals surface area contributed by atoms with Gasteiger partial charge in [-0.2, -0.15) is 0 Å². The van der Waals surface area contributed by atoms with Gasteiger partial charge in [0.1, 0.15) is 5.82 Å². The molecule has 0 radical (unpaired) electrons. The summed E-state index contributed by atoms with van der Waals surface area (Å²) in [4.78, 5) is 16.1. The van der Waals surface area contributed by atoms with Crippen LogP contribution in [0.3, 0.4) is 0 Å². The molecular weight excluding hydrogens is 238 g/mol. The minimum atomic E-state index is -0.236. The minimum Gasteiger partial charge on any atom is -0.383 e. The third kappa shape index (κ3) is 2.73. The number of amides is 1. The van der Waals surface area contributed by atoms with Crippen molar-refractivity contribution in [1.29, 1.82) is 0 Å². The number of nitrogens with zero attached hydrogens (tertiary/aromatic N) is 1. The number of rotatable bonds is 2. The van der Waals surface area contributed by atoms with Crippen LogP contribution in [0.2, 0.25) is 0 Å². The van der Waals surface area contributed by atoms with Crippen LogP contribution in [0.15, 0.2) is 30.5 Å². The van der Waals surface area contributed by atoms with E-state index in [-0.39, 0.29) is 11.7 Å². The van der Waals surface area contributed by atoms with Crippen LogP contribution in [0.1, 0.15) is 27.0 Å². The molecule has 0 saturated heterocycles. The van der Waals surface area contributed by atoms with Crippen LogP contribution in [0, 0.1) is 20.8 Å². The normalized spacial score (nSPS) is 10.3. The Morgan fingerprint density at radius 2 is 1.84 bits per heavy atom. The standard InChI is InChI=1S/C15H17N3O/c1-9-7-10(2)13(11(3)8-9)18-15(19)12-5-4-6-17-14(12)16/h4-8H,1-3H3,(H2,16,17)(H,18,19). The first-order valence-electron chi connectivity index (χ1n) is 6.08. The lowest BCUT2D eigenvalue weighted by atomic mass is 10.0. The number of aryl methyl sites for hydroxylation is 3. The van der Waals surface area contributed by atoms with Crippen LogP contribution in [-0.2, 0) is 0 Å². The van der Waals surface area contributed by atoms with Crippen LogP contribution in [0.25, 0.3) is 0 Å². The van der Waals surface area contributed by atoms with E-state index < -0.39 is 0 Å². The molecule has 4 heteroatoms. The molecular formula is C15H17N3O. The van der Waals surface area contributed by atoms with E-state index in [4.69, 9.17) is 5.73 Å². The molecule has 0 aliphatic heterocycles. The van der Waals surface area contributed by atoms with Crippen molar-refractivity contribution in [2.45, 2.75) is 20.8 Å². The molecule has 2 aromatic rings. The maximum absolute atomic E-state index is 12.2. The van der Waals surface area contributed by atoms with E-state index >= 15 is 0 Å². The summed E-state index contributed by atoms with van der Waals surface area (Å²) in [5, 5.41) is 2.90. The van der Waals surface area contributed by atoms with Crippen molar-refractivity contribution >= 4 is 17.4 Å². The molecule has 1 aromatic carbocycles. The van der Waals surface area contributed by atoms with Crippen molar-refractivity contribution < 1.29 is 4.79 Å². The topological polar surface area (TPSA) is 68.0 Å². The van der Waals surface area contributed by atoms with Crippen molar-refractivity contribution in [3.63, 3.8) is 0 Å². The van der Waals surface area contributed by atoms with Crippen LogP contribution in [-0.4, -0.2) is 10.9 Å². The number of nitrogens with two attached hydrogens (primary N) is 1. The highest BCUT2D eigenvalue weighted by Gasteiger charge is 2.13. The Kier molecular flexibility index (Phi) is 3.51. The predicted molar refractivity (Wildman–Crippen MR) is 77.3 cm³/mol. The summed E-state index contributed by atoms with van der Waals surface area (Å²) in [6.07, 6.45) is 1.56. The molecule has 0 unspecified atom stereocenters. The lowest BCUT2D eigenvalue weighted by molar-refractivity contribution is 0.102. The fourth-order valence-corrected chi connectivity index (χ4v) is 2.17. The summed E-state index contributed by atoms with van der Waals surface area (Å²) >= 11 is 0. The molecule has 0 spiro atoms. The van der Waals surface area contributed by atoms with E-state index in [9.17, 15) is 4.79 Å². The Morgan fingerprint density at radius 1 is 1.21 bits per heavy atom. The Bertz CT molecular complexity index is 612. The molecule has 98 valence electrons. The Balaban J connectivity index is 2.32. The van der Waals surface area contributed by atoms with Gasteiger partial charge in [0.15, 0.2) is 0 Å². The first kappa shape index (κ1) is 13.1. The van der Waals surface area contributed by atoms with Crippen LogP contribution >= 0.6 is 0 Å². The lowest BCUT2D eigenvalue weighted by Crippen LogP contribution is -2.16. The highest BCUT2D eigenvalue weighted by molar-refractivity contribution is 6.07. The number of carbonyl (C=O) groups excluding carboxylic acids is 1. The zero-order chi connectivity index (χ0) is 14.0. The molecule has 0 atom stereocenters. The smallest absolute Gasteiger partial charge is 0.259 e. The molecule has 4 nitrogen and oxygen atoms in total. The first-order valence-corrected chi connectivity index (χ1v) is 6.08. The van der Waals surface area contributed by atoms with Crippen molar-refractivity contribution in [3.8, 4) is 0 Å². The Morgan fingerprint density at radius 3 is 2.42 bits per heavy atom. The van der Waals surface area contributed by atoms with Crippen molar-refractivity contribution in [1.82, 2.24) is 4.98 Å². The zero-order valence-corrected chi connectivity index (χ0v) is 11.3. The summed E-state index contributed by atoms with van der Waals surface area (Å²) in [6.45, 7) is 5.98. The average Bonchev–Trinajstić information content (AvgIpc) is 2.34. The van der Waals surface area contributed by atoms with E-state index in [0.717, 1.165) is 16.8 Å². The number of carbonyl (C=O) groups is 1. The van der Waals surface area contributed by atoms with Crippen molar-refractivity contribution in [3.05, 3.63) is 52.7 Å². The molecule has 2 rings (SSSR count). The second kappa shape index (κ2) is 5.10. The van der Waals surface area contributed by atoms with Crippen LogP contribution in [0.5, 0.6) is 0 Å². The van der Waals surface area contributed by atoms with E-state index in [2.05, 4.69) is 10.3 Å². The number of pyridine rings is 1. The molecule has 1 aromatic heterocycles. The maximum atomic E-state index is 12.2. The van der Waals surface area contributed by atoms with Gasteiger partial charge in [-0.05, 0) is 44.0 Å². The van der Waals surface area contributed by atoms with Gasteiger partial charge in [-0.3, -0.25) is 4.79 Å². The summed E-state index contributed by atoms with van der Waals surface area (Å²) in [5.41, 5.74) is 10.2. The van der Waals surface area contributed by atoms with Gasteiger partial charge in [0.2, 0.25) is 0 Å². The second-order valence-electron chi connectivity index (χ2n) is 4.66. The summed E-state index contributed by atoms with van der Waals surface area (Å²) < 4.78 is 0. The molecule has 19 heavy (non-hydrogen) atoms. The zero-order valence-electron chi connectivity index (χ0n) is 11.3. The SMILES string of the molecule is Cc1cc(C)c(NC(=O)c2cccnc2N)c(C)c1. The second-order valence-corrected chi connectivity index (χ2v) is 4.66. The van der Waals surface area contributed by atoms with Gasteiger partial charge in [0.05, 0.1) is 5.56 Å². The quantitative estimate of drug-likeness (QED) is 0.867. The first-order chi connectivity index (χ1) is 8.99. The van der Waals surface area contributed by atoms with E-state index in [1.165, 1.54) is 5.56 Å². The summed E-state index contributed by atoms with van der Waals surface area (Å²) in [5.74, 6) is 0.00284. The molecule has 0 bridgehead atoms. The Hall–Kier alpha value is -2.36. The van der Waals surface area contributed by atoms with E-state index in [1.54, 1.807) is 18.3 Å². The van der Waals surface area contributed by atoms with E-state index in [1.807, 2.05) is 32.9 Å². The highest BCUT2D eigenvalue weighted by Crippen LogP contribution is 2.23. The number of hydrogen-bond donors (Lipinski definition) is 2. The summed E-state index contributed by atoms with van der Waals surface area (Å²) in [7, 11) is 0. The number of nitrogens with one attached hydrogen (secondary N) is 1. The number of benzene rings is 1. The lowest BCUT2D eigenvalue weighted by Gasteiger charge is -2.13. The summed E-state index contributed by atoms with van der Waals surface area (Å²) in [6, 6.07) is 7.43. The van der Waals surface area contributed by atoms with Gasteiger partial charge < -0.3 is 11.1 Å². The number of nitrogen functional groups attached to an aromatic ring is 1. The molecule has 1 heterocycles. The number of anilines is 2. The maximum Gasteiger partial charge on any atom is 0.259 e. The van der Waals surface area contributed by atoms with Crippen LogP contribution < -0.4 is 11.1 Å². The third-order valence-electron chi connectivity index (χ3n) is 3.00.